The first kappa shape index (κ1) is 22.2. The number of nitrogens with one attached hydrogen (secondary N) is 3. The Kier molecular flexibility index (Phi) is 6.19. The smallest absolute Gasteiger partial charge is 0.338 e. The van der Waals surface area contributed by atoms with E-state index in [1.807, 2.05) is 19.2 Å². The Hall–Kier alpha value is -3.11. The van der Waals surface area contributed by atoms with Crippen molar-refractivity contribution in [1.29, 1.82) is 0 Å². The summed E-state index contributed by atoms with van der Waals surface area (Å²) in [4.78, 5) is 49.1. The monoisotopic (exact) mass is 414 g/mol. The van der Waals surface area contributed by atoms with Crippen LogP contribution in [0.25, 0.3) is 0 Å². The number of halogens is 3. The maximum atomic E-state index is 13.0. The number of rotatable bonds is 5. The minimum Gasteiger partial charge on any atom is -0.338 e. The molecule has 2 rings (SSSR count). The molecule has 1 saturated heterocycles. The summed E-state index contributed by atoms with van der Waals surface area (Å²) in [5.74, 6) is -1.67. The summed E-state index contributed by atoms with van der Waals surface area (Å²) in [6, 6.07) is 2.27. The van der Waals surface area contributed by atoms with Gasteiger partial charge >= 0.3 is 18.2 Å². The lowest BCUT2D eigenvalue weighted by Crippen LogP contribution is -2.47. The van der Waals surface area contributed by atoms with Crippen molar-refractivity contribution >= 4 is 23.9 Å². The van der Waals surface area contributed by atoms with E-state index in [1.165, 1.54) is 13.0 Å². The lowest BCUT2D eigenvalue weighted by molar-refractivity contribution is -0.138. The molecule has 6 amide bonds. The largest absolute Gasteiger partial charge is 0.416 e. The van der Waals surface area contributed by atoms with Crippen LogP contribution in [0, 0.1) is 5.92 Å². The van der Waals surface area contributed by atoms with Crippen LogP contribution in [0.2, 0.25) is 0 Å². The van der Waals surface area contributed by atoms with E-state index in [1.54, 1.807) is 0 Å². The Balaban J connectivity index is 2.13. The minimum absolute atomic E-state index is 0.0803. The molecule has 0 aromatic heterocycles. The molecule has 0 radical (unpaired) electrons. The molecule has 0 aliphatic carbocycles. The average Bonchev–Trinajstić information content (AvgIpc) is 2.83. The quantitative estimate of drug-likeness (QED) is 0.640. The molecule has 1 aromatic rings. The van der Waals surface area contributed by atoms with E-state index in [-0.39, 0.29) is 11.5 Å². The number of nitrogens with zero attached hydrogens (tertiary/aromatic N) is 1. The average molecular weight is 414 g/mol. The van der Waals surface area contributed by atoms with Crippen molar-refractivity contribution in [2.75, 3.05) is 13.1 Å². The maximum Gasteiger partial charge on any atom is 0.416 e. The molecule has 3 N–H and O–H groups in total. The number of hydrogen-bond acceptors (Lipinski definition) is 4. The molecule has 29 heavy (non-hydrogen) atoms. The summed E-state index contributed by atoms with van der Waals surface area (Å²) in [5.41, 5.74) is -2.84. The van der Waals surface area contributed by atoms with Crippen molar-refractivity contribution in [3.63, 3.8) is 0 Å². The summed E-state index contributed by atoms with van der Waals surface area (Å²) in [5, 5.41) is 6.74. The molecule has 0 unspecified atom stereocenters. The topological polar surface area (TPSA) is 108 Å². The van der Waals surface area contributed by atoms with E-state index in [4.69, 9.17) is 0 Å². The molecule has 1 aliphatic heterocycles. The Labute approximate surface area is 164 Å². The predicted molar refractivity (Wildman–Crippen MR) is 95.4 cm³/mol. The third kappa shape index (κ3) is 5.04. The third-order valence-corrected chi connectivity index (χ3v) is 4.27. The second kappa shape index (κ2) is 8.10. The summed E-state index contributed by atoms with van der Waals surface area (Å²) >= 11 is 0. The molecular formula is C18H21F3N4O4. The van der Waals surface area contributed by atoms with E-state index < -0.39 is 47.7 Å². The second-order valence-corrected chi connectivity index (χ2v) is 7.18. The van der Waals surface area contributed by atoms with Crippen LogP contribution in [0.3, 0.4) is 0 Å². The van der Waals surface area contributed by atoms with Gasteiger partial charge < -0.3 is 10.6 Å². The molecular weight excluding hydrogens is 393 g/mol. The Bertz CT molecular complexity index is 841. The Morgan fingerprint density at radius 3 is 2.48 bits per heavy atom. The predicted octanol–water partition coefficient (Wildman–Crippen LogP) is 1.95. The van der Waals surface area contributed by atoms with Gasteiger partial charge in [0, 0.05) is 6.54 Å². The molecule has 0 saturated carbocycles. The molecule has 158 valence electrons. The van der Waals surface area contributed by atoms with E-state index in [0.29, 0.717) is 11.4 Å². The zero-order valence-electron chi connectivity index (χ0n) is 16.0. The zero-order valence-corrected chi connectivity index (χ0v) is 16.0. The summed E-state index contributed by atoms with van der Waals surface area (Å²) in [7, 11) is 0. The molecule has 1 atom stereocenters. The number of amides is 6. The number of alkyl halides is 3. The molecule has 1 heterocycles. The van der Waals surface area contributed by atoms with E-state index in [9.17, 15) is 32.3 Å². The van der Waals surface area contributed by atoms with Gasteiger partial charge in [0.05, 0.1) is 5.56 Å². The molecule has 11 heteroatoms. The van der Waals surface area contributed by atoms with Crippen molar-refractivity contribution in [2.24, 2.45) is 5.92 Å². The van der Waals surface area contributed by atoms with Crippen LogP contribution in [0.5, 0.6) is 0 Å². The molecule has 0 bridgehead atoms. The SMILES string of the molecule is CC(C)CNC(=O)NC(=O)CN1C(=O)N[C@@](C)(c2cccc(C(F)(F)F)c2)C1=O. The summed E-state index contributed by atoms with van der Waals surface area (Å²) in [6.07, 6.45) is -4.62. The Morgan fingerprint density at radius 1 is 1.24 bits per heavy atom. The van der Waals surface area contributed by atoms with E-state index in [0.717, 1.165) is 18.2 Å². The van der Waals surface area contributed by atoms with Crippen LogP contribution in [0.15, 0.2) is 24.3 Å². The fraction of sp³-hybridized carbons (Fsp3) is 0.444. The number of hydrogen-bond donors (Lipinski definition) is 3. The minimum atomic E-state index is -4.62. The van der Waals surface area contributed by atoms with Gasteiger partial charge in [0.15, 0.2) is 0 Å². The van der Waals surface area contributed by atoms with Crippen molar-refractivity contribution in [3.05, 3.63) is 35.4 Å². The highest BCUT2D eigenvalue weighted by Crippen LogP contribution is 2.34. The zero-order chi connectivity index (χ0) is 22.0. The standard InChI is InChI=1S/C18H21F3N4O4/c1-10(2)8-22-15(28)23-13(26)9-25-14(27)17(3,24-16(25)29)11-5-4-6-12(7-11)18(19,20)21/h4-7,10H,8-9H2,1-3H3,(H,24,29)(H2,22,23,26,28)/t17-/m0/s1. The summed E-state index contributed by atoms with van der Waals surface area (Å²) < 4.78 is 38.9. The van der Waals surface area contributed by atoms with Gasteiger partial charge in [0.25, 0.3) is 5.91 Å². The molecule has 1 aliphatic rings. The maximum absolute atomic E-state index is 13.0. The fourth-order valence-electron chi connectivity index (χ4n) is 2.69. The lowest BCUT2D eigenvalue weighted by Gasteiger charge is -2.23. The number of benzene rings is 1. The highest BCUT2D eigenvalue weighted by molar-refractivity contribution is 6.10. The van der Waals surface area contributed by atoms with Crippen LogP contribution in [-0.2, 0) is 21.3 Å². The van der Waals surface area contributed by atoms with Gasteiger partial charge in [0.2, 0.25) is 5.91 Å². The van der Waals surface area contributed by atoms with Crippen LogP contribution in [0.1, 0.15) is 31.9 Å². The van der Waals surface area contributed by atoms with Crippen molar-refractivity contribution in [1.82, 2.24) is 20.9 Å². The molecule has 0 spiro atoms. The van der Waals surface area contributed by atoms with E-state index in [2.05, 4.69) is 10.6 Å². The lowest BCUT2D eigenvalue weighted by atomic mass is 9.90. The number of urea groups is 2. The van der Waals surface area contributed by atoms with Crippen molar-refractivity contribution in [2.45, 2.75) is 32.5 Å². The third-order valence-electron chi connectivity index (χ3n) is 4.27. The van der Waals surface area contributed by atoms with Gasteiger partial charge in [0.1, 0.15) is 12.1 Å². The van der Waals surface area contributed by atoms with Crippen LogP contribution in [0.4, 0.5) is 22.8 Å². The first-order valence-corrected chi connectivity index (χ1v) is 8.74. The second-order valence-electron chi connectivity index (χ2n) is 7.18. The van der Waals surface area contributed by atoms with Crippen molar-refractivity contribution in [3.8, 4) is 0 Å². The van der Waals surface area contributed by atoms with Gasteiger partial charge in [-0.15, -0.1) is 0 Å². The van der Waals surface area contributed by atoms with Gasteiger partial charge in [-0.05, 0) is 30.5 Å². The van der Waals surface area contributed by atoms with Crippen LogP contribution in [-0.4, -0.2) is 41.9 Å². The van der Waals surface area contributed by atoms with Gasteiger partial charge in [-0.3, -0.25) is 19.8 Å². The van der Waals surface area contributed by atoms with Crippen LogP contribution >= 0.6 is 0 Å². The fourth-order valence-corrected chi connectivity index (χ4v) is 2.69. The Morgan fingerprint density at radius 2 is 1.90 bits per heavy atom. The number of imide groups is 2. The van der Waals surface area contributed by atoms with Crippen molar-refractivity contribution < 1.29 is 32.3 Å². The molecule has 8 nitrogen and oxygen atoms in total. The number of carbonyl (C=O) groups is 4. The van der Waals surface area contributed by atoms with Crippen LogP contribution < -0.4 is 16.0 Å². The highest BCUT2D eigenvalue weighted by atomic mass is 19.4. The molecule has 1 fully saturated rings. The molecule has 1 aromatic carbocycles. The van der Waals surface area contributed by atoms with Gasteiger partial charge in [-0.25, -0.2) is 9.59 Å². The first-order valence-electron chi connectivity index (χ1n) is 8.74. The normalized spacial score (nSPS) is 19.3. The van der Waals surface area contributed by atoms with Gasteiger partial charge in [-0.2, -0.15) is 13.2 Å². The van der Waals surface area contributed by atoms with E-state index >= 15 is 0 Å². The number of carbonyl (C=O) groups excluding carboxylic acids is 4. The highest BCUT2D eigenvalue weighted by Gasteiger charge is 2.50. The first-order chi connectivity index (χ1) is 13.3. The summed E-state index contributed by atoms with van der Waals surface area (Å²) in [6.45, 7) is 4.51. The van der Waals surface area contributed by atoms with Gasteiger partial charge in [-0.1, -0.05) is 26.0 Å².